The molecule has 0 unspecified atom stereocenters. The van der Waals surface area contributed by atoms with Crippen LogP contribution >= 0.6 is 22.9 Å². The third-order valence-electron chi connectivity index (χ3n) is 1.88. The van der Waals surface area contributed by atoms with Crippen molar-refractivity contribution in [1.29, 1.82) is 0 Å². The quantitative estimate of drug-likeness (QED) is 0.643. The summed E-state index contributed by atoms with van der Waals surface area (Å²) in [5.74, 6) is 6.03. The van der Waals surface area contributed by atoms with E-state index in [4.69, 9.17) is 22.2 Å². The van der Waals surface area contributed by atoms with Crippen molar-refractivity contribution >= 4 is 38.3 Å². The first kappa shape index (κ1) is 10.5. The molecule has 80 valence electrons. The Bertz CT molecular complexity index is 485. The number of rotatable bonds is 3. The van der Waals surface area contributed by atoms with Gasteiger partial charge >= 0.3 is 0 Å². The van der Waals surface area contributed by atoms with Crippen LogP contribution in [0.3, 0.4) is 0 Å². The van der Waals surface area contributed by atoms with E-state index in [1.807, 2.05) is 13.0 Å². The molecule has 0 fully saturated rings. The number of hydrogen-bond donors (Lipinski definition) is 2. The van der Waals surface area contributed by atoms with Crippen LogP contribution in [0, 0.1) is 0 Å². The Balaban J connectivity index is 2.63. The number of fused-ring (bicyclic) bond motifs is 1. The molecule has 2 rings (SSSR count). The van der Waals surface area contributed by atoms with E-state index in [2.05, 4.69) is 10.4 Å². The minimum atomic E-state index is 0.597. The summed E-state index contributed by atoms with van der Waals surface area (Å²) in [6.07, 6.45) is 0. The molecule has 0 aliphatic rings. The van der Waals surface area contributed by atoms with Crippen molar-refractivity contribution in [2.45, 2.75) is 6.92 Å². The Hall–Kier alpha value is -1.04. The first-order valence-electron chi connectivity index (χ1n) is 4.44. The maximum Gasteiger partial charge on any atom is 0.198 e. The Kier molecular flexibility index (Phi) is 2.95. The lowest BCUT2D eigenvalue weighted by molar-refractivity contribution is 0.344. The van der Waals surface area contributed by atoms with Crippen molar-refractivity contribution in [3.63, 3.8) is 0 Å². The number of nitrogens with two attached hydrogens (primary N) is 1. The Morgan fingerprint density at radius 1 is 1.60 bits per heavy atom. The van der Waals surface area contributed by atoms with Crippen molar-refractivity contribution in [2.24, 2.45) is 5.84 Å². The van der Waals surface area contributed by atoms with Gasteiger partial charge in [0.25, 0.3) is 0 Å². The Morgan fingerprint density at radius 3 is 3.07 bits per heavy atom. The number of hydrazine groups is 1. The molecule has 6 heteroatoms. The first-order chi connectivity index (χ1) is 7.26. The second-order valence-electron chi connectivity index (χ2n) is 2.82. The van der Waals surface area contributed by atoms with Gasteiger partial charge in [-0.05, 0) is 19.1 Å². The molecule has 1 aromatic carbocycles. The van der Waals surface area contributed by atoms with Gasteiger partial charge in [0, 0.05) is 0 Å². The molecule has 4 nitrogen and oxygen atoms in total. The van der Waals surface area contributed by atoms with Crippen molar-refractivity contribution in [1.82, 2.24) is 4.98 Å². The molecule has 0 aliphatic carbocycles. The molecule has 0 saturated heterocycles. The molecule has 1 aromatic heterocycles. The number of thiazole rings is 1. The molecule has 0 aliphatic heterocycles. The highest BCUT2D eigenvalue weighted by Gasteiger charge is 2.11. The van der Waals surface area contributed by atoms with Crippen molar-refractivity contribution in [3.8, 4) is 5.75 Å². The Labute approximate surface area is 96.0 Å². The summed E-state index contributed by atoms with van der Waals surface area (Å²) in [6, 6.07) is 3.61. The summed E-state index contributed by atoms with van der Waals surface area (Å²) >= 11 is 7.45. The average Bonchev–Trinajstić information content (AvgIpc) is 2.67. The third-order valence-corrected chi connectivity index (χ3v) is 3.33. The van der Waals surface area contributed by atoms with Crippen LogP contribution in [0.5, 0.6) is 5.75 Å². The van der Waals surface area contributed by atoms with Crippen LogP contribution in [-0.4, -0.2) is 11.6 Å². The second-order valence-corrected chi connectivity index (χ2v) is 4.23. The predicted molar refractivity (Wildman–Crippen MR) is 63.6 cm³/mol. The van der Waals surface area contributed by atoms with Gasteiger partial charge in [0.2, 0.25) is 0 Å². The fraction of sp³-hybridized carbons (Fsp3) is 0.222. The van der Waals surface area contributed by atoms with Gasteiger partial charge < -0.3 is 4.74 Å². The lowest BCUT2D eigenvalue weighted by Crippen LogP contribution is -2.05. The van der Waals surface area contributed by atoms with E-state index in [0.29, 0.717) is 16.8 Å². The van der Waals surface area contributed by atoms with Crippen molar-refractivity contribution in [2.75, 3.05) is 12.0 Å². The van der Waals surface area contributed by atoms with Gasteiger partial charge in [0.05, 0.1) is 16.3 Å². The maximum atomic E-state index is 6.05. The number of halogens is 1. The normalized spacial score (nSPS) is 10.6. The molecular weight excluding hydrogens is 234 g/mol. The Morgan fingerprint density at radius 2 is 2.40 bits per heavy atom. The summed E-state index contributed by atoms with van der Waals surface area (Å²) in [6.45, 7) is 2.52. The highest BCUT2D eigenvalue weighted by Crippen LogP contribution is 2.36. The summed E-state index contributed by atoms with van der Waals surface area (Å²) in [5, 5.41) is 1.28. The average molecular weight is 244 g/mol. The van der Waals surface area contributed by atoms with E-state index in [1.165, 1.54) is 11.3 Å². The summed E-state index contributed by atoms with van der Waals surface area (Å²) in [5.41, 5.74) is 3.26. The minimum Gasteiger partial charge on any atom is -0.492 e. The van der Waals surface area contributed by atoms with E-state index in [9.17, 15) is 0 Å². The first-order valence-corrected chi connectivity index (χ1v) is 5.64. The van der Waals surface area contributed by atoms with Gasteiger partial charge in [0.15, 0.2) is 5.13 Å². The number of aromatic nitrogens is 1. The zero-order valence-electron chi connectivity index (χ0n) is 8.08. The highest BCUT2D eigenvalue weighted by atomic mass is 35.5. The van der Waals surface area contributed by atoms with Crippen LogP contribution in [0.25, 0.3) is 10.2 Å². The topological polar surface area (TPSA) is 60.2 Å². The summed E-state index contributed by atoms with van der Waals surface area (Å²) in [7, 11) is 0. The number of anilines is 1. The van der Waals surface area contributed by atoms with E-state index >= 15 is 0 Å². The van der Waals surface area contributed by atoms with Crippen LogP contribution in [0.15, 0.2) is 12.1 Å². The molecule has 0 spiro atoms. The van der Waals surface area contributed by atoms with Crippen molar-refractivity contribution in [3.05, 3.63) is 17.2 Å². The molecule has 3 N–H and O–H groups in total. The van der Waals surface area contributed by atoms with Crippen molar-refractivity contribution < 1.29 is 4.74 Å². The fourth-order valence-electron chi connectivity index (χ4n) is 1.29. The number of nitrogens with zero attached hydrogens (tertiary/aromatic N) is 1. The van der Waals surface area contributed by atoms with Crippen LogP contribution in [0.1, 0.15) is 6.92 Å². The number of nitrogen functional groups attached to an aromatic ring is 1. The molecule has 1 heterocycles. The van der Waals surface area contributed by atoms with E-state index < -0.39 is 0 Å². The molecule has 0 amide bonds. The van der Waals surface area contributed by atoms with Gasteiger partial charge in [-0.1, -0.05) is 22.9 Å². The standard InChI is InChI=1S/C9H10ClN3OS/c1-2-14-6-4-3-5(10)8-7(6)12-9(13-11)15-8/h3-4H,2,11H2,1H3,(H,12,13). The van der Waals surface area contributed by atoms with E-state index in [1.54, 1.807) is 6.07 Å². The maximum absolute atomic E-state index is 6.05. The minimum absolute atomic E-state index is 0.597. The molecule has 0 saturated carbocycles. The SMILES string of the molecule is CCOc1ccc(Cl)c2sc(NN)nc12. The molecule has 0 radical (unpaired) electrons. The fourth-order valence-corrected chi connectivity index (χ4v) is 2.35. The molecule has 2 aromatic rings. The smallest absolute Gasteiger partial charge is 0.198 e. The third kappa shape index (κ3) is 1.86. The van der Waals surface area contributed by atoms with E-state index in [-0.39, 0.29) is 0 Å². The number of hydrogen-bond acceptors (Lipinski definition) is 5. The summed E-state index contributed by atoms with van der Waals surface area (Å²) in [4.78, 5) is 4.28. The van der Waals surface area contributed by atoms with Gasteiger partial charge in [-0.25, -0.2) is 10.8 Å². The lowest BCUT2D eigenvalue weighted by Gasteiger charge is -2.03. The highest BCUT2D eigenvalue weighted by molar-refractivity contribution is 7.22. The largest absolute Gasteiger partial charge is 0.492 e. The van der Waals surface area contributed by atoms with Crippen LogP contribution in [0.4, 0.5) is 5.13 Å². The number of ether oxygens (including phenoxy) is 1. The monoisotopic (exact) mass is 243 g/mol. The molecule has 0 bridgehead atoms. The zero-order chi connectivity index (χ0) is 10.8. The van der Waals surface area contributed by atoms with Gasteiger partial charge in [0.1, 0.15) is 11.3 Å². The summed E-state index contributed by atoms with van der Waals surface area (Å²) < 4.78 is 6.33. The molecule has 15 heavy (non-hydrogen) atoms. The van der Waals surface area contributed by atoms with Gasteiger partial charge in [-0.2, -0.15) is 0 Å². The lowest BCUT2D eigenvalue weighted by atomic mass is 10.3. The number of nitrogens with one attached hydrogen (secondary N) is 1. The van der Waals surface area contributed by atoms with Crippen LogP contribution in [-0.2, 0) is 0 Å². The van der Waals surface area contributed by atoms with Crippen LogP contribution in [0.2, 0.25) is 5.02 Å². The van der Waals surface area contributed by atoms with E-state index in [0.717, 1.165) is 16.0 Å². The second kappa shape index (κ2) is 4.22. The van der Waals surface area contributed by atoms with Gasteiger partial charge in [-0.3, -0.25) is 5.43 Å². The predicted octanol–water partition coefficient (Wildman–Crippen LogP) is 2.63. The zero-order valence-corrected chi connectivity index (χ0v) is 9.65. The molecule has 0 atom stereocenters. The molecular formula is C9H10ClN3OS. The van der Waals surface area contributed by atoms with Gasteiger partial charge in [-0.15, -0.1) is 0 Å². The number of benzene rings is 1. The van der Waals surface area contributed by atoms with Crippen LogP contribution < -0.4 is 16.0 Å².